The first-order valence-corrected chi connectivity index (χ1v) is 10.8. The maximum atomic E-state index is 12.7. The van der Waals surface area contributed by atoms with Crippen molar-refractivity contribution in [2.45, 2.75) is 53.5 Å². The van der Waals surface area contributed by atoms with Crippen molar-refractivity contribution in [1.29, 1.82) is 0 Å². The summed E-state index contributed by atoms with van der Waals surface area (Å²) in [5.41, 5.74) is -0.778. The minimum atomic E-state index is -1.56. The summed E-state index contributed by atoms with van der Waals surface area (Å²) in [5, 5.41) is 2.56. The monoisotopic (exact) mass is 428 g/mol. The molecule has 3 unspecified atom stereocenters. The molecule has 0 aromatic carbocycles. The molecule has 10 heteroatoms. The lowest BCUT2D eigenvalue weighted by Gasteiger charge is -2.43. The minimum Gasteiger partial charge on any atom is -0.427 e. The van der Waals surface area contributed by atoms with Crippen LogP contribution in [0, 0.1) is 11.3 Å². The van der Waals surface area contributed by atoms with Gasteiger partial charge >= 0.3 is 11.9 Å². The third-order valence-corrected chi connectivity index (χ3v) is 6.30. The molecule has 2 aliphatic rings. The fourth-order valence-electron chi connectivity index (χ4n) is 3.26. The van der Waals surface area contributed by atoms with Gasteiger partial charge in [-0.3, -0.25) is 18.6 Å². The topological polar surface area (TPSA) is 119 Å². The van der Waals surface area contributed by atoms with Crippen LogP contribution >= 0.6 is 0 Å². The van der Waals surface area contributed by atoms with Crippen LogP contribution in [0.15, 0.2) is 10.6 Å². The van der Waals surface area contributed by atoms with Gasteiger partial charge in [0.1, 0.15) is 5.70 Å². The molecule has 0 aliphatic carbocycles. The van der Waals surface area contributed by atoms with Gasteiger partial charge in [-0.05, 0) is 27.2 Å². The van der Waals surface area contributed by atoms with E-state index in [4.69, 9.17) is 9.47 Å². The lowest BCUT2D eigenvalue weighted by Crippen LogP contribution is -2.58. The first-order valence-electron chi connectivity index (χ1n) is 9.52. The van der Waals surface area contributed by atoms with Crippen LogP contribution in [0.5, 0.6) is 0 Å². The SMILES string of the molecule is CCC1C(=O)N2C(C(=O)OCOC(=O)C(C)(C)C)=C(S(=O)CCNC(C)=O)CC12. The summed E-state index contributed by atoms with van der Waals surface area (Å²) < 4.78 is 22.7. The van der Waals surface area contributed by atoms with E-state index in [-0.39, 0.29) is 41.8 Å². The van der Waals surface area contributed by atoms with E-state index in [9.17, 15) is 23.4 Å². The molecule has 0 saturated carbocycles. The molecule has 0 radical (unpaired) electrons. The van der Waals surface area contributed by atoms with Crippen LogP contribution in [0.3, 0.4) is 0 Å². The summed E-state index contributed by atoms with van der Waals surface area (Å²) in [6, 6.07) is -0.216. The molecule has 1 N–H and O–H groups in total. The molecule has 0 aromatic heterocycles. The molecule has 162 valence electrons. The number of carbonyl (C=O) groups excluding carboxylic acids is 4. The molecule has 9 nitrogen and oxygen atoms in total. The molecule has 2 amide bonds. The maximum Gasteiger partial charge on any atom is 0.358 e. The average molecular weight is 429 g/mol. The van der Waals surface area contributed by atoms with Crippen molar-refractivity contribution in [1.82, 2.24) is 10.2 Å². The highest BCUT2D eigenvalue weighted by Crippen LogP contribution is 2.44. The number of nitrogens with zero attached hydrogens (tertiary/aromatic N) is 1. The normalized spacial score (nSPS) is 22.0. The third kappa shape index (κ3) is 5.04. The highest BCUT2D eigenvalue weighted by atomic mass is 32.2. The van der Waals surface area contributed by atoms with E-state index < -0.39 is 34.9 Å². The molecule has 1 fully saturated rings. The van der Waals surface area contributed by atoms with Gasteiger partial charge < -0.3 is 19.7 Å². The van der Waals surface area contributed by atoms with Gasteiger partial charge in [0.25, 0.3) is 0 Å². The molecule has 2 heterocycles. The fourth-order valence-corrected chi connectivity index (χ4v) is 4.55. The second kappa shape index (κ2) is 9.06. The van der Waals surface area contributed by atoms with Crippen molar-refractivity contribution in [2.75, 3.05) is 19.1 Å². The molecule has 1 saturated heterocycles. The Bertz CT molecular complexity index is 769. The number of carbonyl (C=O) groups is 4. The van der Waals surface area contributed by atoms with Gasteiger partial charge in [-0.25, -0.2) is 4.79 Å². The van der Waals surface area contributed by atoms with Crippen LogP contribution in [0.2, 0.25) is 0 Å². The number of hydrogen-bond donors (Lipinski definition) is 1. The van der Waals surface area contributed by atoms with E-state index in [1.807, 2.05) is 6.92 Å². The van der Waals surface area contributed by atoms with Gasteiger partial charge in [0.05, 0.1) is 28.2 Å². The van der Waals surface area contributed by atoms with Crippen molar-refractivity contribution in [3.63, 3.8) is 0 Å². The molecule has 2 rings (SSSR count). The Morgan fingerprint density at radius 1 is 1.24 bits per heavy atom. The van der Waals surface area contributed by atoms with E-state index in [0.717, 1.165) is 0 Å². The fraction of sp³-hybridized carbons (Fsp3) is 0.684. The predicted molar refractivity (Wildman–Crippen MR) is 104 cm³/mol. The van der Waals surface area contributed by atoms with Crippen molar-refractivity contribution in [3.05, 3.63) is 10.6 Å². The van der Waals surface area contributed by atoms with Gasteiger partial charge in [0.15, 0.2) is 0 Å². The lowest BCUT2D eigenvalue weighted by molar-refractivity contribution is -0.174. The third-order valence-electron chi connectivity index (χ3n) is 4.81. The number of β-lactam (4-membered cyclic amide) rings is 1. The largest absolute Gasteiger partial charge is 0.427 e. The summed E-state index contributed by atoms with van der Waals surface area (Å²) in [6.45, 7) is 7.84. The molecular formula is C19H28N2O7S. The van der Waals surface area contributed by atoms with Crippen LogP contribution in [0.1, 0.15) is 47.5 Å². The highest BCUT2D eigenvalue weighted by molar-refractivity contribution is 7.89. The Kier molecular flexibility index (Phi) is 7.20. The Hall–Kier alpha value is -2.23. The average Bonchev–Trinajstić information content (AvgIpc) is 2.96. The zero-order valence-corrected chi connectivity index (χ0v) is 18.2. The van der Waals surface area contributed by atoms with E-state index >= 15 is 0 Å². The molecule has 2 aliphatic heterocycles. The van der Waals surface area contributed by atoms with Crippen LogP contribution in [-0.2, 0) is 39.5 Å². The molecule has 0 spiro atoms. The van der Waals surface area contributed by atoms with Crippen molar-refractivity contribution < 1.29 is 32.9 Å². The Morgan fingerprint density at radius 3 is 2.45 bits per heavy atom. The van der Waals surface area contributed by atoms with Gasteiger partial charge in [0, 0.05) is 30.5 Å². The van der Waals surface area contributed by atoms with Crippen LogP contribution < -0.4 is 5.32 Å². The van der Waals surface area contributed by atoms with E-state index in [0.29, 0.717) is 17.7 Å². The number of ether oxygens (including phenoxy) is 2. The second-order valence-electron chi connectivity index (χ2n) is 8.03. The van der Waals surface area contributed by atoms with E-state index in [2.05, 4.69) is 5.32 Å². The molecule has 29 heavy (non-hydrogen) atoms. The smallest absolute Gasteiger partial charge is 0.358 e. The summed E-state index contributed by atoms with van der Waals surface area (Å²) in [4.78, 5) is 49.5. The first kappa shape index (κ1) is 23.1. The van der Waals surface area contributed by atoms with Gasteiger partial charge in [-0.1, -0.05) is 6.92 Å². The van der Waals surface area contributed by atoms with Crippen molar-refractivity contribution in [3.8, 4) is 0 Å². The number of rotatable bonds is 8. The minimum absolute atomic E-state index is 0.0299. The summed E-state index contributed by atoms with van der Waals surface area (Å²) in [6.07, 6.45) is 0.945. The zero-order valence-electron chi connectivity index (χ0n) is 17.4. The summed E-state index contributed by atoms with van der Waals surface area (Å²) in [5.74, 6) is -1.93. The maximum absolute atomic E-state index is 12.7. The van der Waals surface area contributed by atoms with E-state index in [1.54, 1.807) is 20.8 Å². The van der Waals surface area contributed by atoms with Gasteiger partial charge in [-0.15, -0.1) is 0 Å². The summed E-state index contributed by atoms with van der Waals surface area (Å²) >= 11 is 0. The van der Waals surface area contributed by atoms with Crippen LogP contribution in [0.4, 0.5) is 0 Å². The number of hydrogen-bond acceptors (Lipinski definition) is 7. The number of esters is 2. The predicted octanol–water partition coefficient (Wildman–Crippen LogP) is 0.813. The first-order chi connectivity index (χ1) is 13.5. The second-order valence-corrected chi connectivity index (χ2v) is 9.62. The van der Waals surface area contributed by atoms with Crippen LogP contribution in [-0.4, -0.2) is 58.0 Å². The van der Waals surface area contributed by atoms with Gasteiger partial charge in [0.2, 0.25) is 18.6 Å². The van der Waals surface area contributed by atoms with Crippen molar-refractivity contribution >= 4 is 34.6 Å². The number of nitrogens with one attached hydrogen (secondary N) is 1. The number of amides is 2. The standard InChI is InChI=1S/C19H28N2O7S/c1-6-12-13-9-14(29(26)8-7-20-11(2)22)15(21(13)16(12)23)17(24)27-10-28-18(25)19(3,4)5/h12-13H,6-10H2,1-5H3,(H,20,22). The zero-order chi connectivity index (χ0) is 21.9. The molecule has 0 bridgehead atoms. The van der Waals surface area contributed by atoms with Gasteiger partial charge in [-0.2, -0.15) is 0 Å². The number of fused-ring (bicyclic) bond motifs is 1. The quantitative estimate of drug-likeness (QED) is 0.345. The highest BCUT2D eigenvalue weighted by Gasteiger charge is 2.55. The molecular weight excluding hydrogens is 400 g/mol. The summed E-state index contributed by atoms with van der Waals surface area (Å²) in [7, 11) is -1.56. The Morgan fingerprint density at radius 2 is 1.90 bits per heavy atom. The van der Waals surface area contributed by atoms with Crippen molar-refractivity contribution in [2.24, 2.45) is 11.3 Å². The molecule has 0 aromatic rings. The Balaban J connectivity index is 2.12. The van der Waals surface area contributed by atoms with E-state index in [1.165, 1.54) is 11.8 Å². The Labute approximate surface area is 172 Å². The van der Waals surface area contributed by atoms with Crippen LogP contribution in [0.25, 0.3) is 0 Å². The molecule has 3 atom stereocenters. The lowest BCUT2D eigenvalue weighted by atomic mass is 9.85.